The fourth-order valence-electron chi connectivity index (χ4n) is 2.99. The first-order valence-electron chi connectivity index (χ1n) is 7.96. The number of para-hydroxylation sites is 1. The molecule has 0 saturated carbocycles. The van der Waals surface area contributed by atoms with Crippen LogP contribution in [0.25, 0.3) is 10.8 Å². The number of nitrogens with one attached hydrogen (secondary N) is 1. The molecule has 1 heterocycles. The molecule has 6 heteroatoms. The third-order valence-electron chi connectivity index (χ3n) is 4.06. The molecule has 3 aromatic rings. The summed E-state index contributed by atoms with van der Waals surface area (Å²) in [5.74, 6) is 0.876. The van der Waals surface area contributed by atoms with Crippen LogP contribution in [0.15, 0.2) is 70.0 Å². The van der Waals surface area contributed by atoms with Crippen molar-refractivity contribution in [2.45, 2.75) is 11.8 Å². The van der Waals surface area contributed by atoms with Crippen LogP contribution in [0, 0.1) is 0 Å². The van der Waals surface area contributed by atoms with Gasteiger partial charge < -0.3 is 10.1 Å². The standard InChI is InChI=1S/C19H16N2O3S/c1-2-24-16-12-11-13-7-3-4-8-14(13)18(16)19-20-15-9-5-6-10-17(15)25(22,23)21-19/h3-12H,2H2,1H3,(H,20,21). The van der Waals surface area contributed by atoms with Gasteiger partial charge in [-0.2, -0.15) is 8.42 Å². The van der Waals surface area contributed by atoms with Gasteiger partial charge in [0.15, 0.2) is 5.84 Å². The van der Waals surface area contributed by atoms with Crippen molar-refractivity contribution >= 4 is 32.3 Å². The Morgan fingerprint density at radius 3 is 2.60 bits per heavy atom. The van der Waals surface area contributed by atoms with Gasteiger partial charge in [0.25, 0.3) is 10.0 Å². The van der Waals surface area contributed by atoms with Crippen molar-refractivity contribution in [2.75, 3.05) is 11.9 Å². The van der Waals surface area contributed by atoms with Gasteiger partial charge in [-0.15, -0.1) is 4.40 Å². The molecule has 0 radical (unpaired) electrons. The van der Waals surface area contributed by atoms with E-state index in [9.17, 15) is 8.42 Å². The second-order valence-corrected chi connectivity index (χ2v) is 7.20. The van der Waals surface area contributed by atoms with Crippen LogP contribution < -0.4 is 10.1 Å². The SMILES string of the molecule is CCOc1ccc2ccccc2c1C1=NS(=O)(=O)c2ccccc2N1. The summed E-state index contributed by atoms with van der Waals surface area (Å²) in [6, 6.07) is 18.3. The van der Waals surface area contributed by atoms with Gasteiger partial charge in [-0.1, -0.05) is 42.5 Å². The Morgan fingerprint density at radius 2 is 1.76 bits per heavy atom. The molecule has 0 unspecified atom stereocenters. The quantitative estimate of drug-likeness (QED) is 0.778. The second-order valence-electron chi connectivity index (χ2n) is 5.63. The largest absolute Gasteiger partial charge is 0.493 e. The zero-order chi connectivity index (χ0) is 17.4. The molecule has 0 spiro atoms. The maximum atomic E-state index is 12.6. The lowest BCUT2D eigenvalue weighted by molar-refractivity contribution is 0.340. The highest BCUT2D eigenvalue weighted by atomic mass is 32.2. The average Bonchev–Trinajstić information content (AvgIpc) is 2.61. The lowest BCUT2D eigenvalue weighted by Crippen LogP contribution is -2.23. The van der Waals surface area contributed by atoms with Crippen molar-refractivity contribution in [3.05, 3.63) is 66.2 Å². The fourth-order valence-corrected chi connectivity index (χ4v) is 4.12. The molecular formula is C19H16N2O3S. The van der Waals surface area contributed by atoms with Crippen molar-refractivity contribution < 1.29 is 13.2 Å². The Balaban J connectivity index is 1.99. The van der Waals surface area contributed by atoms with E-state index in [0.29, 0.717) is 23.6 Å². The number of hydrogen-bond acceptors (Lipinski definition) is 4. The molecule has 0 amide bonds. The Labute approximate surface area is 146 Å². The van der Waals surface area contributed by atoms with E-state index < -0.39 is 10.0 Å². The lowest BCUT2D eigenvalue weighted by atomic mass is 10.0. The summed E-state index contributed by atoms with van der Waals surface area (Å²) in [5.41, 5.74) is 1.17. The number of sulfonamides is 1. The van der Waals surface area contributed by atoms with Gasteiger partial charge >= 0.3 is 0 Å². The minimum absolute atomic E-state index is 0.178. The van der Waals surface area contributed by atoms with Gasteiger partial charge in [0, 0.05) is 0 Å². The molecule has 0 aromatic heterocycles. The number of rotatable bonds is 3. The summed E-state index contributed by atoms with van der Waals surface area (Å²) in [7, 11) is -3.77. The zero-order valence-electron chi connectivity index (χ0n) is 13.6. The minimum Gasteiger partial charge on any atom is -0.493 e. The van der Waals surface area contributed by atoms with Crippen molar-refractivity contribution in [3.63, 3.8) is 0 Å². The van der Waals surface area contributed by atoms with Gasteiger partial charge in [0.2, 0.25) is 0 Å². The summed E-state index contributed by atoms with van der Waals surface area (Å²) in [5, 5.41) is 5.02. The molecule has 5 nitrogen and oxygen atoms in total. The number of hydrogen-bond donors (Lipinski definition) is 1. The van der Waals surface area contributed by atoms with Crippen LogP contribution in [0.2, 0.25) is 0 Å². The molecule has 126 valence electrons. The summed E-state index contributed by atoms with van der Waals surface area (Å²) >= 11 is 0. The van der Waals surface area contributed by atoms with Crippen LogP contribution in [-0.4, -0.2) is 20.9 Å². The molecular weight excluding hydrogens is 336 g/mol. The lowest BCUT2D eigenvalue weighted by Gasteiger charge is -2.21. The van der Waals surface area contributed by atoms with E-state index in [0.717, 1.165) is 10.8 Å². The third-order valence-corrected chi connectivity index (χ3v) is 5.39. The van der Waals surface area contributed by atoms with Crippen molar-refractivity contribution in [3.8, 4) is 5.75 Å². The van der Waals surface area contributed by atoms with Crippen LogP contribution in [0.1, 0.15) is 12.5 Å². The number of amidine groups is 1. The van der Waals surface area contributed by atoms with Gasteiger partial charge in [0.1, 0.15) is 10.6 Å². The maximum Gasteiger partial charge on any atom is 0.286 e. The fraction of sp³-hybridized carbons (Fsp3) is 0.105. The molecule has 0 atom stereocenters. The Hall–Kier alpha value is -2.86. The number of fused-ring (bicyclic) bond motifs is 2. The number of benzene rings is 3. The highest BCUT2D eigenvalue weighted by Crippen LogP contribution is 2.34. The first kappa shape index (κ1) is 15.7. The number of anilines is 1. The topological polar surface area (TPSA) is 67.8 Å². The molecule has 0 saturated heterocycles. The minimum atomic E-state index is -3.77. The van der Waals surface area contributed by atoms with Crippen LogP contribution >= 0.6 is 0 Å². The molecule has 0 aliphatic carbocycles. The van der Waals surface area contributed by atoms with E-state index in [1.165, 1.54) is 0 Å². The van der Waals surface area contributed by atoms with E-state index in [4.69, 9.17) is 4.74 Å². The highest BCUT2D eigenvalue weighted by molar-refractivity contribution is 7.90. The van der Waals surface area contributed by atoms with Crippen LogP contribution in [0.4, 0.5) is 5.69 Å². The predicted octanol–water partition coefficient (Wildman–Crippen LogP) is 3.80. The molecule has 3 aromatic carbocycles. The number of ether oxygens (including phenoxy) is 1. The highest BCUT2D eigenvalue weighted by Gasteiger charge is 2.27. The smallest absolute Gasteiger partial charge is 0.286 e. The summed E-state index contributed by atoms with van der Waals surface area (Å²) in [6.07, 6.45) is 0. The van der Waals surface area contributed by atoms with Crippen molar-refractivity contribution in [1.29, 1.82) is 0 Å². The average molecular weight is 352 g/mol. The molecule has 4 rings (SSSR count). The predicted molar refractivity (Wildman–Crippen MR) is 98.9 cm³/mol. The first-order chi connectivity index (χ1) is 12.1. The molecule has 0 bridgehead atoms. The van der Waals surface area contributed by atoms with Gasteiger partial charge in [-0.3, -0.25) is 0 Å². The van der Waals surface area contributed by atoms with E-state index in [1.807, 2.05) is 43.3 Å². The second kappa shape index (κ2) is 5.89. The molecule has 1 aliphatic rings. The Morgan fingerprint density at radius 1 is 1.00 bits per heavy atom. The summed E-state index contributed by atoms with van der Waals surface area (Å²) in [4.78, 5) is 0.178. The van der Waals surface area contributed by atoms with E-state index in [2.05, 4.69) is 9.71 Å². The van der Waals surface area contributed by atoms with Crippen molar-refractivity contribution in [2.24, 2.45) is 4.40 Å². The first-order valence-corrected chi connectivity index (χ1v) is 9.40. The molecule has 1 N–H and O–H groups in total. The summed E-state index contributed by atoms with van der Waals surface area (Å²) in [6.45, 7) is 2.36. The normalized spacial score (nSPS) is 15.2. The Kier molecular flexibility index (Phi) is 3.69. The zero-order valence-corrected chi connectivity index (χ0v) is 14.4. The van der Waals surface area contributed by atoms with Crippen LogP contribution in [-0.2, 0) is 10.0 Å². The maximum absolute atomic E-state index is 12.6. The number of nitrogens with zero attached hydrogens (tertiary/aromatic N) is 1. The monoisotopic (exact) mass is 352 g/mol. The summed E-state index contributed by atoms with van der Waals surface area (Å²) < 4.78 is 34.9. The molecule has 25 heavy (non-hydrogen) atoms. The van der Waals surface area contributed by atoms with Crippen LogP contribution in [0.5, 0.6) is 5.75 Å². The van der Waals surface area contributed by atoms with Crippen molar-refractivity contribution in [1.82, 2.24) is 0 Å². The van der Waals surface area contributed by atoms with Crippen LogP contribution in [0.3, 0.4) is 0 Å². The van der Waals surface area contributed by atoms with Gasteiger partial charge in [-0.05, 0) is 35.9 Å². The van der Waals surface area contributed by atoms with E-state index >= 15 is 0 Å². The van der Waals surface area contributed by atoms with Gasteiger partial charge in [-0.25, -0.2) is 0 Å². The molecule has 0 fully saturated rings. The van der Waals surface area contributed by atoms with E-state index in [-0.39, 0.29) is 10.7 Å². The third kappa shape index (κ3) is 2.64. The van der Waals surface area contributed by atoms with Gasteiger partial charge in [0.05, 0.1) is 17.9 Å². The van der Waals surface area contributed by atoms with E-state index in [1.54, 1.807) is 24.3 Å². The Bertz CT molecular complexity index is 1100. The molecule has 1 aliphatic heterocycles.